The number of rotatable bonds is 9. The van der Waals surface area contributed by atoms with Gasteiger partial charge in [0, 0.05) is 12.6 Å². The van der Waals surface area contributed by atoms with Crippen molar-refractivity contribution < 1.29 is 9.59 Å². The summed E-state index contributed by atoms with van der Waals surface area (Å²) in [5.74, 6) is 0.361. The molecule has 0 aromatic rings. The molecule has 0 aliphatic rings. The number of hydrogen-bond donors (Lipinski definition) is 1. The van der Waals surface area contributed by atoms with Crippen molar-refractivity contribution in [1.29, 1.82) is 0 Å². The maximum atomic E-state index is 12.3. The van der Waals surface area contributed by atoms with Gasteiger partial charge >= 0.3 is 6.03 Å². The largest absolute Gasteiger partial charge is 0.328 e. The summed E-state index contributed by atoms with van der Waals surface area (Å²) < 4.78 is 0. The summed E-state index contributed by atoms with van der Waals surface area (Å²) in [7, 11) is 0. The van der Waals surface area contributed by atoms with Crippen LogP contribution in [0.25, 0.3) is 0 Å². The number of urea groups is 1. The third-order valence-corrected chi connectivity index (χ3v) is 3.26. The van der Waals surface area contributed by atoms with E-state index in [-0.39, 0.29) is 12.1 Å². The van der Waals surface area contributed by atoms with Gasteiger partial charge in [-0.2, -0.15) is 0 Å². The highest BCUT2D eigenvalue weighted by Crippen LogP contribution is 2.11. The summed E-state index contributed by atoms with van der Waals surface area (Å²) in [5.41, 5.74) is 0. The summed E-state index contributed by atoms with van der Waals surface area (Å²) in [6.45, 7) is 11.0. The second-order valence-corrected chi connectivity index (χ2v) is 5.41. The summed E-state index contributed by atoms with van der Waals surface area (Å²) in [5, 5.41) is 2.80. The molecule has 0 saturated heterocycles. The normalized spacial score (nSPS) is 12.6. The number of nitrogens with zero attached hydrogens (tertiary/aromatic N) is 1. The zero-order valence-electron chi connectivity index (χ0n) is 13.0. The first-order valence-electron chi connectivity index (χ1n) is 7.44. The van der Waals surface area contributed by atoms with Gasteiger partial charge in [0.2, 0.25) is 6.29 Å². The van der Waals surface area contributed by atoms with Gasteiger partial charge in [0.05, 0.1) is 6.04 Å². The fraction of sp³-hybridized carbons (Fsp3) is 0.867. The highest BCUT2D eigenvalue weighted by molar-refractivity contribution is 5.78. The zero-order valence-corrected chi connectivity index (χ0v) is 13.0. The molecule has 0 aromatic heterocycles. The highest BCUT2D eigenvalue weighted by Gasteiger charge is 2.23. The lowest BCUT2D eigenvalue weighted by atomic mass is 10.0. The van der Waals surface area contributed by atoms with E-state index in [0.717, 1.165) is 25.8 Å². The average Bonchev–Trinajstić information content (AvgIpc) is 2.37. The molecule has 111 valence electrons. The monoisotopic (exact) mass is 269 g/mol. The van der Waals surface area contributed by atoms with Gasteiger partial charge in [-0.05, 0) is 31.6 Å². The van der Waals surface area contributed by atoms with Gasteiger partial charge < -0.3 is 10.2 Å². The van der Waals surface area contributed by atoms with E-state index in [1.165, 1.54) is 0 Å². The predicted molar refractivity (Wildman–Crippen MR) is 78.8 cm³/mol. The minimum atomic E-state index is -0.499. The van der Waals surface area contributed by atoms with Crippen LogP contribution in [-0.2, 0) is 4.79 Å². The molecule has 4 nitrogen and oxygen atoms in total. The Labute approximate surface area is 117 Å². The van der Waals surface area contributed by atoms with Crippen molar-refractivity contribution in [2.75, 3.05) is 6.54 Å². The van der Waals surface area contributed by atoms with Crippen molar-refractivity contribution >= 4 is 12.3 Å². The van der Waals surface area contributed by atoms with Crippen LogP contribution in [0, 0.1) is 5.92 Å². The van der Waals surface area contributed by atoms with Crippen molar-refractivity contribution in [2.45, 2.75) is 72.4 Å². The standard InChI is InChI=1S/C15H29N2O2/c1-6-9-17(14(7-2)8-3)15(19)16-13(11-18)10-12(4)5/h12-14H,6-10H2,1-5H3,(H,16,19)/t13-/m0/s1. The molecule has 0 fully saturated rings. The number of carbonyl (C=O) groups is 1. The molecule has 0 rings (SSSR count). The lowest BCUT2D eigenvalue weighted by Gasteiger charge is -2.31. The van der Waals surface area contributed by atoms with Crippen molar-refractivity contribution in [1.82, 2.24) is 10.2 Å². The molecule has 4 heteroatoms. The molecule has 2 amide bonds. The zero-order chi connectivity index (χ0) is 14.8. The van der Waals surface area contributed by atoms with Crippen LogP contribution < -0.4 is 5.32 Å². The van der Waals surface area contributed by atoms with Gasteiger partial charge in [0.25, 0.3) is 0 Å². The maximum Gasteiger partial charge on any atom is 0.318 e. The average molecular weight is 269 g/mol. The van der Waals surface area contributed by atoms with Gasteiger partial charge in [0.1, 0.15) is 0 Å². The Kier molecular flexibility index (Phi) is 9.27. The van der Waals surface area contributed by atoms with Crippen LogP contribution in [0.1, 0.15) is 60.3 Å². The summed E-state index contributed by atoms with van der Waals surface area (Å²) in [6, 6.07) is -0.392. The molecule has 0 saturated carbocycles. The fourth-order valence-electron chi connectivity index (χ4n) is 2.26. The van der Waals surface area contributed by atoms with E-state index in [1.54, 1.807) is 0 Å². The Balaban J connectivity index is 4.65. The van der Waals surface area contributed by atoms with Gasteiger partial charge in [-0.15, -0.1) is 0 Å². The van der Waals surface area contributed by atoms with Crippen LogP contribution in [0.4, 0.5) is 4.79 Å². The first-order valence-corrected chi connectivity index (χ1v) is 7.44. The minimum absolute atomic E-state index is 0.135. The summed E-state index contributed by atoms with van der Waals surface area (Å²) >= 11 is 0. The number of amides is 2. The molecule has 1 atom stereocenters. The molecule has 0 aliphatic carbocycles. The summed E-state index contributed by atoms with van der Waals surface area (Å²) in [6.07, 6.45) is 5.35. The molecular weight excluding hydrogens is 240 g/mol. The van der Waals surface area contributed by atoms with Crippen molar-refractivity contribution in [3.8, 4) is 0 Å². The highest BCUT2D eigenvalue weighted by atomic mass is 16.2. The smallest absolute Gasteiger partial charge is 0.318 e. The molecular formula is C15H29N2O2. The predicted octanol–water partition coefficient (Wildman–Crippen LogP) is 3.12. The first-order chi connectivity index (χ1) is 8.99. The quantitative estimate of drug-likeness (QED) is 0.699. The molecule has 0 unspecified atom stereocenters. The van der Waals surface area contributed by atoms with Gasteiger partial charge in [-0.3, -0.25) is 4.79 Å². The van der Waals surface area contributed by atoms with E-state index in [4.69, 9.17) is 0 Å². The Morgan fingerprint density at radius 3 is 2.16 bits per heavy atom. The van der Waals surface area contributed by atoms with Gasteiger partial charge in [-0.25, -0.2) is 4.79 Å². The van der Waals surface area contributed by atoms with E-state index in [2.05, 4.69) is 26.1 Å². The molecule has 0 bridgehead atoms. The van der Waals surface area contributed by atoms with Crippen LogP contribution in [0.5, 0.6) is 0 Å². The van der Waals surface area contributed by atoms with Crippen LogP contribution in [-0.4, -0.2) is 35.8 Å². The van der Waals surface area contributed by atoms with E-state index < -0.39 is 6.04 Å². The van der Waals surface area contributed by atoms with E-state index >= 15 is 0 Å². The number of hydrogen-bond acceptors (Lipinski definition) is 2. The van der Waals surface area contributed by atoms with Crippen molar-refractivity contribution in [2.24, 2.45) is 5.92 Å². The molecule has 0 heterocycles. The Hall–Kier alpha value is -1.06. The third-order valence-electron chi connectivity index (χ3n) is 3.26. The molecule has 0 aromatic carbocycles. The maximum absolute atomic E-state index is 12.3. The van der Waals surface area contributed by atoms with E-state index in [0.29, 0.717) is 12.3 Å². The number of nitrogens with one attached hydrogen (secondary N) is 1. The van der Waals surface area contributed by atoms with Gasteiger partial charge in [-0.1, -0.05) is 34.6 Å². The van der Waals surface area contributed by atoms with E-state index in [1.807, 2.05) is 25.0 Å². The van der Waals surface area contributed by atoms with Crippen LogP contribution in [0.3, 0.4) is 0 Å². The Morgan fingerprint density at radius 1 is 1.21 bits per heavy atom. The van der Waals surface area contributed by atoms with Crippen LogP contribution >= 0.6 is 0 Å². The van der Waals surface area contributed by atoms with Crippen LogP contribution in [0.15, 0.2) is 0 Å². The second kappa shape index (κ2) is 9.82. The van der Waals surface area contributed by atoms with E-state index in [9.17, 15) is 9.59 Å². The number of carbonyl (C=O) groups excluding carboxylic acids is 2. The minimum Gasteiger partial charge on any atom is -0.328 e. The fourth-order valence-corrected chi connectivity index (χ4v) is 2.26. The molecule has 19 heavy (non-hydrogen) atoms. The van der Waals surface area contributed by atoms with Crippen molar-refractivity contribution in [3.63, 3.8) is 0 Å². The van der Waals surface area contributed by atoms with Crippen LogP contribution in [0.2, 0.25) is 0 Å². The van der Waals surface area contributed by atoms with Crippen molar-refractivity contribution in [3.05, 3.63) is 0 Å². The lowest BCUT2D eigenvalue weighted by Crippen LogP contribution is -2.50. The Morgan fingerprint density at radius 2 is 1.79 bits per heavy atom. The molecule has 0 spiro atoms. The topological polar surface area (TPSA) is 49.4 Å². The third kappa shape index (κ3) is 6.60. The first kappa shape index (κ1) is 17.9. The second-order valence-electron chi connectivity index (χ2n) is 5.41. The lowest BCUT2D eigenvalue weighted by molar-refractivity contribution is 0.167. The Bertz CT molecular complexity index is 263. The SMILES string of the molecule is CCCN(C(=O)N[C@H]([C]=O)CC(C)C)C(CC)CC. The molecule has 1 N–H and O–H groups in total. The summed E-state index contributed by atoms with van der Waals surface area (Å²) in [4.78, 5) is 25.0. The molecule has 1 radical (unpaired) electrons. The van der Waals surface area contributed by atoms with Gasteiger partial charge in [0.15, 0.2) is 0 Å². The molecule has 0 aliphatic heterocycles.